The van der Waals surface area contributed by atoms with Crippen LogP contribution in [0.1, 0.15) is 98.1 Å². The Hall–Kier alpha value is -3.78. The van der Waals surface area contributed by atoms with Crippen LogP contribution in [0.2, 0.25) is 0 Å². The van der Waals surface area contributed by atoms with Gasteiger partial charge in [-0.05, 0) is 170 Å². The Morgan fingerprint density at radius 2 is 0.891 bits per heavy atom. The average molecular weight is 1140 g/mol. The SMILES string of the molecule is Br.CC(=O)/C=C/c1cnc(N)c(CN2CCCCC2)c1.Nc1ncc(/C=C/C(=O)O)cc1CN1CCCCC1.Nc1ncc(Br)cc1CBr.Nc1ncc(Br)cc1CN1CCCCC1. The van der Waals surface area contributed by atoms with Crippen LogP contribution < -0.4 is 22.9 Å². The molecule has 18 heteroatoms. The molecule has 0 aromatic carbocycles. The predicted octanol–water partition coefficient (Wildman–Crippen LogP) is 9.31. The molecule has 0 amide bonds. The molecule has 0 atom stereocenters. The monoisotopic (exact) mass is 1130 g/mol. The normalized spacial score (nSPS) is 15.8. The van der Waals surface area contributed by atoms with Gasteiger partial charge in [0.2, 0.25) is 0 Å². The molecular weight excluding hydrogens is 1070 g/mol. The lowest BCUT2D eigenvalue weighted by Crippen LogP contribution is -2.29. The Bertz CT molecular complexity index is 2040. The van der Waals surface area contributed by atoms with E-state index in [1.807, 2.05) is 18.2 Å². The lowest BCUT2D eigenvalue weighted by Gasteiger charge is -2.26. The van der Waals surface area contributed by atoms with Crippen LogP contribution in [-0.4, -0.2) is 90.8 Å². The highest BCUT2D eigenvalue weighted by Crippen LogP contribution is 2.22. The van der Waals surface area contributed by atoms with Gasteiger partial charge in [-0.2, -0.15) is 0 Å². The van der Waals surface area contributed by atoms with Gasteiger partial charge in [-0.3, -0.25) is 19.5 Å². The molecule has 3 aliphatic heterocycles. The molecule has 3 aliphatic rings. The number of nitrogens with zero attached hydrogens (tertiary/aromatic N) is 7. The molecule has 7 heterocycles. The van der Waals surface area contributed by atoms with Crippen molar-refractivity contribution in [3.63, 3.8) is 0 Å². The third-order valence-electron chi connectivity index (χ3n) is 10.6. The second-order valence-corrected chi connectivity index (χ2v) is 18.2. The van der Waals surface area contributed by atoms with E-state index in [1.165, 1.54) is 83.9 Å². The fourth-order valence-corrected chi connectivity index (χ4v) is 8.39. The molecule has 0 saturated carbocycles. The zero-order valence-corrected chi connectivity index (χ0v) is 43.1. The molecule has 348 valence electrons. The van der Waals surface area contributed by atoms with E-state index in [0.717, 1.165) is 99.5 Å². The lowest BCUT2D eigenvalue weighted by atomic mass is 10.1. The van der Waals surface area contributed by atoms with E-state index < -0.39 is 5.97 Å². The molecule has 0 radical (unpaired) electrons. The number of carboxylic acid groups (broad SMARTS) is 1. The summed E-state index contributed by atoms with van der Waals surface area (Å²) >= 11 is 10.0. The number of likely N-dealkylation sites (tertiary alicyclic amines) is 3. The van der Waals surface area contributed by atoms with E-state index in [2.05, 4.69) is 88.5 Å². The van der Waals surface area contributed by atoms with E-state index in [0.29, 0.717) is 23.3 Å². The number of ketones is 1. The van der Waals surface area contributed by atoms with E-state index in [-0.39, 0.29) is 22.8 Å². The van der Waals surface area contributed by atoms with Gasteiger partial charge < -0.3 is 28.0 Å². The van der Waals surface area contributed by atoms with Gasteiger partial charge in [-0.1, -0.05) is 35.2 Å². The summed E-state index contributed by atoms with van der Waals surface area (Å²) in [6.07, 6.45) is 24.3. The molecule has 4 aromatic rings. The van der Waals surface area contributed by atoms with Crippen LogP contribution in [0.5, 0.6) is 0 Å². The van der Waals surface area contributed by atoms with E-state index in [9.17, 15) is 9.59 Å². The van der Waals surface area contributed by atoms with Crippen molar-refractivity contribution in [2.45, 2.75) is 89.7 Å². The molecule has 3 fully saturated rings. The molecule has 14 nitrogen and oxygen atoms in total. The molecular formula is C46H63Br4N11O3. The maximum absolute atomic E-state index is 10.9. The van der Waals surface area contributed by atoms with Crippen LogP contribution in [-0.2, 0) is 34.6 Å². The Morgan fingerprint density at radius 1 is 0.562 bits per heavy atom. The number of halogens is 4. The molecule has 4 aromatic heterocycles. The van der Waals surface area contributed by atoms with Gasteiger partial charge in [-0.25, -0.2) is 24.7 Å². The molecule has 9 N–H and O–H groups in total. The third kappa shape index (κ3) is 20.6. The Kier molecular flexibility index (Phi) is 25.3. The summed E-state index contributed by atoms with van der Waals surface area (Å²) in [5, 5.41) is 9.36. The number of rotatable bonds is 11. The van der Waals surface area contributed by atoms with E-state index >= 15 is 0 Å². The minimum Gasteiger partial charge on any atom is -0.478 e. The van der Waals surface area contributed by atoms with Crippen LogP contribution in [0.3, 0.4) is 0 Å². The number of carbonyl (C=O) groups is 2. The molecule has 7 rings (SSSR count). The minimum atomic E-state index is -0.964. The first kappa shape index (κ1) is 54.6. The first-order valence-corrected chi connectivity index (χ1v) is 24.1. The van der Waals surface area contributed by atoms with Gasteiger partial charge in [0.25, 0.3) is 0 Å². The van der Waals surface area contributed by atoms with Gasteiger partial charge in [0.1, 0.15) is 23.3 Å². The maximum atomic E-state index is 10.9. The molecule has 0 aliphatic carbocycles. The number of hydrogen-bond donors (Lipinski definition) is 5. The summed E-state index contributed by atoms with van der Waals surface area (Å²) in [6.45, 7) is 10.9. The first-order chi connectivity index (χ1) is 30.3. The average Bonchev–Trinajstić information content (AvgIpc) is 3.28. The smallest absolute Gasteiger partial charge is 0.328 e. The van der Waals surface area contributed by atoms with Gasteiger partial charge in [-0.15, -0.1) is 17.0 Å². The van der Waals surface area contributed by atoms with Crippen molar-refractivity contribution in [2.75, 3.05) is 62.2 Å². The number of pyridine rings is 4. The number of hydrogen-bond acceptors (Lipinski definition) is 13. The molecule has 64 heavy (non-hydrogen) atoms. The number of aromatic nitrogens is 4. The van der Waals surface area contributed by atoms with Crippen molar-refractivity contribution in [3.05, 3.63) is 104 Å². The number of allylic oxidation sites excluding steroid dienone is 1. The number of carboxylic acids is 1. The highest BCUT2D eigenvalue weighted by Gasteiger charge is 2.15. The Balaban J connectivity index is 0.000000231. The lowest BCUT2D eigenvalue weighted by molar-refractivity contribution is -0.131. The number of aliphatic carboxylic acids is 1. The minimum absolute atomic E-state index is 0. The van der Waals surface area contributed by atoms with Crippen LogP contribution in [0.4, 0.5) is 23.3 Å². The van der Waals surface area contributed by atoms with Crippen LogP contribution in [0.25, 0.3) is 12.2 Å². The van der Waals surface area contributed by atoms with Gasteiger partial charge in [0, 0.05) is 87.0 Å². The number of piperidine rings is 3. The summed E-state index contributed by atoms with van der Waals surface area (Å²) in [7, 11) is 0. The van der Waals surface area contributed by atoms with Crippen LogP contribution in [0, 0.1) is 0 Å². The molecule has 0 unspecified atom stereocenters. The molecule has 3 saturated heterocycles. The van der Waals surface area contributed by atoms with Crippen molar-refractivity contribution in [1.82, 2.24) is 34.6 Å². The number of nitrogens with two attached hydrogens (primary N) is 4. The maximum Gasteiger partial charge on any atom is 0.328 e. The Labute approximate surface area is 413 Å². The topological polar surface area (TPSA) is 220 Å². The van der Waals surface area contributed by atoms with Gasteiger partial charge in [0.15, 0.2) is 5.78 Å². The standard InChI is InChI=1S/C15H21N3O.C14H19N3O2.C11H16BrN3.C6H6Br2N2.BrH/c1-12(19)5-6-13-9-14(15(16)17-10-13)11-18-7-3-2-4-8-18;15-14-12(10-17-6-2-1-3-7-17)8-11(9-16-14)4-5-13(18)19;12-10-6-9(11(13)14-7-10)8-15-4-2-1-3-5-15;7-2-4-1-5(8)3-10-6(4)9;/h5-6,9-10H,2-4,7-8,11H2,1H3,(H2,16,17);4-5,8-9H,1-3,6-7,10H2,(H2,15,16)(H,18,19);6-7H,1-5,8H2,(H2,13,14);1,3H,2H2,(H2,9,10);1H/b6-5+;5-4+;;;. The van der Waals surface area contributed by atoms with Crippen molar-refractivity contribution >= 4 is 112 Å². The van der Waals surface area contributed by atoms with Crippen LogP contribution >= 0.6 is 64.8 Å². The second-order valence-electron chi connectivity index (χ2n) is 15.8. The number of alkyl halides is 1. The summed E-state index contributed by atoms with van der Waals surface area (Å²) in [5.41, 5.74) is 29.1. The van der Waals surface area contributed by atoms with Crippen molar-refractivity contribution < 1.29 is 14.7 Å². The highest BCUT2D eigenvalue weighted by molar-refractivity contribution is 9.10. The summed E-state index contributed by atoms with van der Waals surface area (Å²) in [6, 6.07) is 7.95. The molecule has 0 spiro atoms. The van der Waals surface area contributed by atoms with E-state index in [1.54, 1.807) is 36.9 Å². The predicted molar refractivity (Wildman–Crippen MR) is 277 cm³/mol. The van der Waals surface area contributed by atoms with Gasteiger partial charge >= 0.3 is 5.97 Å². The number of anilines is 4. The summed E-state index contributed by atoms with van der Waals surface area (Å²) < 4.78 is 1.96. The van der Waals surface area contributed by atoms with E-state index in [4.69, 9.17) is 28.0 Å². The van der Waals surface area contributed by atoms with Crippen LogP contribution in [0.15, 0.2) is 70.2 Å². The quantitative estimate of drug-likeness (QED) is 0.0698. The first-order valence-electron chi connectivity index (χ1n) is 21.4. The Morgan fingerprint density at radius 3 is 1.23 bits per heavy atom. The zero-order valence-electron chi connectivity index (χ0n) is 36.6. The third-order valence-corrected chi connectivity index (χ3v) is 12.1. The summed E-state index contributed by atoms with van der Waals surface area (Å²) in [4.78, 5) is 45.1. The van der Waals surface area contributed by atoms with Gasteiger partial charge in [0.05, 0.1) is 0 Å². The number of nitrogen functional groups attached to an aromatic ring is 4. The fraction of sp³-hybridized carbons (Fsp3) is 0.435. The number of carbonyl (C=O) groups excluding carboxylic acids is 1. The second kappa shape index (κ2) is 29.7. The highest BCUT2D eigenvalue weighted by atomic mass is 79.9. The summed E-state index contributed by atoms with van der Waals surface area (Å²) in [5.74, 6) is 1.43. The fourth-order valence-electron chi connectivity index (χ4n) is 7.19. The zero-order chi connectivity index (χ0) is 45.6. The molecule has 0 bridgehead atoms. The van der Waals surface area contributed by atoms with Crippen molar-refractivity contribution in [1.29, 1.82) is 0 Å². The largest absolute Gasteiger partial charge is 0.478 e. The van der Waals surface area contributed by atoms with Crippen molar-refractivity contribution in [2.24, 2.45) is 0 Å². The van der Waals surface area contributed by atoms with Crippen molar-refractivity contribution in [3.8, 4) is 0 Å².